The second-order valence-corrected chi connectivity index (χ2v) is 7.76. The highest BCUT2D eigenvalue weighted by Crippen LogP contribution is 2.18. The third kappa shape index (κ3) is 7.18. The molecule has 0 aliphatic carbocycles. The molecule has 0 saturated heterocycles. The summed E-state index contributed by atoms with van der Waals surface area (Å²) in [6, 6.07) is 19.0. The maximum Gasteiger partial charge on any atom is 0.329 e. The van der Waals surface area contributed by atoms with Crippen LogP contribution in [0.2, 0.25) is 5.02 Å². The summed E-state index contributed by atoms with van der Waals surface area (Å²) in [6.07, 6.45) is 1.36. The summed E-state index contributed by atoms with van der Waals surface area (Å²) in [5, 5.41) is 9.58. The number of hydrazone groups is 1. The van der Waals surface area contributed by atoms with Crippen LogP contribution in [0, 0.1) is 13.8 Å². The molecule has 8 nitrogen and oxygen atoms in total. The van der Waals surface area contributed by atoms with Crippen molar-refractivity contribution in [1.82, 2.24) is 5.43 Å². The first kappa shape index (κ1) is 24.5. The Morgan fingerprint density at radius 1 is 0.941 bits per heavy atom. The van der Waals surface area contributed by atoms with Crippen molar-refractivity contribution in [3.05, 3.63) is 88.4 Å². The number of nitrogens with one attached hydrogen (secondary N) is 3. The average Bonchev–Trinajstić information content (AvgIpc) is 2.81. The van der Waals surface area contributed by atoms with Crippen LogP contribution in [-0.2, 0) is 14.4 Å². The summed E-state index contributed by atoms with van der Waals surface area (Å²) >= 11 is 5.90. The first-order chi connectivity index (χ1) is 16.3. The topological polar surface area (TPSA) is 109 Å². The average molecular weight is 479 g/mol. The van der Waals surface area contributed by atoms with Gasteiger partial charge in [-0.15, -0.1) is 0 Å². The Morgan fingerprint density at radius 3 is 2.50 bits per heavy atom. The van der Waals surface area contributed by atoms with Gasteiger partial charge >= 0.3 is 11.8 Å². The third-order valence-corrected chi connectivity index (χ3v) is 5.01. The van der Waals surface area contributed by atoms with Crippen LogP contribution in [0.3, 0.4) is 0 Å². The molecule has 0 saturated carbocycles. The number of nitrogens with zero attached hydrogens (tertiary/aromatic N) is 1. The van der Waals surface area contributed by atoms with E-state index in [0.717, 1.165) is 11.1 Å². The van der Waals surface area contributed by atoms with Crippen molar-refractivity contribution in [2.75, 3.05) is 17.2 Å². The number of carbonyl (C=O) groups excluding carboxylic acids is 3. The Kier molecular flexibility index (Phi) is 8.37. The van der Waals surface area contributed by atoms with Crippen molar-refractivity contribution < 1.29 is 19.1 Å². The van der Waals surface area contributed by atoms with Gasteiger partial charge in [0.05, 0.1) is 6.21 Å². The fraction of sp³-hybridized carbons (Fsp3) is 0.120. The lowest BCUT2D eigenvalue weighted by Gasteiger charge is -2.09. The Morgan fingerprint density at radius 2 is 1.71 bits per heavy atom. The number of amides is 3. The molecule has 0 aliphatic heterocycles. The van der Waals surface area contributed by atoms with Gasteiger partial charge in [-0.05, 0) is 66.9 Å². The van der Waals surface area contributed by atoms with E-state index in [0.29, 0.717) is 27.7 Å². The molecule has 9 heteroatoms. The van der Waals surface area contributed by atoms with E-state index in [1.54, 1.807) is 60.7 Å². The number of halogens is 1. The van der Waals surface area contributed by atoms with E-state index in [2.05, 4.69) is 21.2 Å². The summed E-state index contributed by atoms with van der Waals surface area (Å²) in [4.78, 5) is 36.2. The monoisotopic (exact) mass is 478 g/mol. The van der Waals surface area contributed by atoms with E-state index in [4.69, 9.17) is 16.3 Å². The predicted molar refractivity (Wildman–Crippen MR) is 132 cm³/mol. The van der Waals surface area contributed by atoms with Gasteiger partial charge in [-0.1, -0.05) is 41.9 Å². The minimum Gasteiger partial charge on any atom is -0.484 e. The van der Waals surface area contributed by atoms with Crippen molar-refractivity contribution in [3.63, 3.8) is 0 Å². The zero-order chi connectivity index (χ0) is 24.5. The minimum absolute atomic E-state index is 0.206. The maximum atomic E-state index is 12.1. The summed E-state index contributed by atoms with van der Waals surface area (Å²) in [5.74, 6) is -1.64. The molecule has 174 valence electrons. The molecule has 3 aromatic carbocycles. The Hall–Kier alpha value is -4.17. The number of aryl methyl sites for hydroxylation is 1. The molecule has 0 bridgehead atoms. The molecule has 0 heterocycles. The number of hydrogen-bond donors (Lipinski definition) is 3. The van der Waals surface area contributed by atoms with Gasteiger partial charge in [-0.3, -0.25) is 14.4 Å². The summed E-state index contributed by atoms with van der Waals surface area (Å²) in [7, 11) is 0. The van der Waals surface area contributed by atoms with Gasteiger partial charge in [0.2, 0.25) is 0 Å². The molecular weight excluding hydrogens is 456 g/mol. The van der Waals surface area contributed by atoms with Crippen LogP contribution in [0.15, 0.2) is 71.8 Å². The summed E-state index contributed by atoms with van der Waals surface area (Å²) in [6.45, 7) is 3.57. The van der Waals surface area contributed by atoms with Crippen LogP contribution in [0.25, 0.3) is 0 Å². The Balaban J connectivity index is 1.49. The number of rotatable bonds is 7. The zero-order valence-electron chi connectivity index (χ0n) is 18.6. The molecule has 0 aliphatic rings. The third-order valence-electron chi connectivity index (χ3n) is 4.78. The smallest absolute Gasteiger partial charge is 0.329 e. The highest BCUT2D eigenvalue weighted by atomic mass is 35.5. The first-order valence-electron chi connectivity index (χ1n) is 10.3. The Bertz CT molecular complexity index is 1240. The molecule has 0 fully saturated rings. The number of carbonyl (C=O) groups is 3. The lowest BCUT2D eigenvalue weighted by Crippen LogP contribution is -2.32. The maximum absolute atomic E-state index is 12.1. The van der Waals surface area contributed by atoms with Crippen LogP contribution in [-0.4, -0.2) is 30.5 Å². The fourth-order valence-electron chi connectivity index (χ4n) is 2.88. The summed E-state index contributed by atoms with van der Waals surface area (Å²) in [5.41, 5.74) is 5.80. The lowest BCUT2D eigenvalue weighted by atomic mass is 10.1. The van der Waals surface area contributed by atoms with Gasteiger partial charge in [0, 0.05) is 16.4 Å². The molecule has 3 aromatic rings. The molecule has 0 aromatic heterocycles. The van der Waals surface area contributed by atoms with Crippen molar-refractivity contribution in [2.45, 2.75) is 13.8 Å². The van der Waals surface area contributed by atoms with Gasteiger partial charge in [0.25, 0.3) is 5.91 Å². The van der Waals surface area contributed by atoms with Gasteiger partial charge in [0.1, 0.15) is 5.75 Å². The molecule has 0 radical (unpaired) electrons. The number of ether oxygens (including phenoxy) is 1. The van der Waals surface area contributed by atoms with E-state index in [-0.39, 0.29) is 12.5 Å². The van der Waals surface area contributed by atoms with E-state index < -0.39 is 11.8 Å². The molecule has 3 amide bonds. The van der Waals surface area contributed by atoms with Crippen LogP contribution >= 0.6 is 11.6 Å². The van der Waals surface area contributed by atoms with Crippen LogP contribution in [0.4, 0.5) is 11.4 Å². The largest absolute Gasteiger partial charge is 0.484 e. The Labute approximate surface area is 202 Å². The van der Waals surface area contributed by atoms with Crippen molar-refractivity contribution in [3.8, 4) is 5.75 Å². The first-order valence-corrected chi connectivity index (χ1v) is 10.7. The molecule has 3 N–H and O–H groups in total. The van der Waals surface area contributed by atoms with E-state index in [1.165, 1.54) is 6.21 Å². The minimum atomic E-state index is -0.901. The normalized spacial score (nSPS) is 10.6. The molecule has 0 unspecified atom stereocenters. The highest BCUT2D eigenvalue weighted by molar-refractivity contribution is 6.39. The summed E-state index contributed by atoms with van der Waals surface area (Å²) < 4.78 is 5.51. The number of anilines is 2. The SMILES string of the molecule is Cc1cccc(NC(=O)C(=O)N/N=C\c2cccc(OCC(=O)Nc3cccc(Cl)c3)c2)c1C. The highest BCUT2D eigenvalue weighted by Gasteiger charge is 2.14. The van der Waals surface area contributed by atoms with Gasteiger partial charge < -0.3 is 15.4 Å². The van der Waals surface area contributed by atoms with E-state index >= 15 is 0 Å². The quantitative estimate of drug-likeness (QED) is 0.270. The standard InChI is InChI=1S/C25H23ClN4O4/c1-16-6-3-11-22(17(16)2)29-24(32)25(33)30-27-14-18-7-4-10-21(12-18)34-15-23(31)28-20-9-5-8-19(26)13-20/h3-14H,15H2,1-2H3,(H,28,31)(H,29,32)(H,30,33)/b27-14-. The zero-order valence-corrected chi connectivity index (χ0v) is 19.3. The molecule has 3 rings (SSSR count). The molecular formula is C25H23ClN4O4. The lowest BCUT2D eigenvalue weighted by molar-refractivity contribution is -0.136. The fourth-order valence-corrected chi connectivity index (χ4v) is 3.07. The van der Waals surface area contributed by atoms with E-state index in [1.807, 2.05) is 19.9 Å². The molecule has 34 heavy (non-hydrogen) atoms. The molecule has 0 atom stereocenters. The number of hydrogen-bond acceptors (Lipinski definition) is 5. The van der Waals surface area contributed by atoms with Gasteiger partial charge in [-0.25, -0.2) is 5.43 Å². The van der Waals surface area contributed by atoms with Gasteiger partial charge in [0.15, 0.2) is 6.61 Å². The van der Waals surface area contributed by atoms with Crippen LogP contribution < -0.4 is 20.8 Å². The van der Waals surface area contributed by atoms with Crippen molar-refractivity contribution in [1.29, 1.82) is 0 Å². The second-order valence-electron chi connectivity index (χ2n) is 7.32. The van der Waals surface area contributed by atoms with Crippen LogP contribution in [0.5, 0.6) is 5.75 Å². The number of benzene rings is 3. The van der Waals surface area contributed by atoms with Gasteiger partial charge in [-0.2, -0.15) is 5.10 Å². The van der Waals surface area contributed by atoms with Crippen molar-refractivity contribution in [2.24, 2.45) is 5.10 Å². The van der Waals surface area contributed by atoms with Crippen LogP contribution in [0.1, 0.15) is 16.7 Å². The second kappa shape index (κ2) is 11.6. The predicted octanol–water partition coefficient (Wildman–Crippen LogP) is 4.06. The molecule has 0 spiro atoms. The van der Waals surface area contributed by atoms with E-state index in [9.17, 15) is 14.4 Å². The van der Waals surface area contributed by atoms with Crippen molar-refractivity contribution >= 4 is 46.9 Å².